The summed E-state index contributed by atoms with van der Waals surface area (Å²) in [6, 6.07) is 5.54. The molecule has 1 aliphatic heterocycles. The quantitative estimate of drug-likeness (QED) is 0.392. The second-order valence-corrected chi connectivity index (χ2v) is 8.29. The predicted octanol–water partition coefficient (Wildman–Crippen LogP) is 4.00. The normalized spacial score (nSPS) is 15.2. The summed E-state index contributed by atoms with van der Waals surface area (Å²) in [6.07, 6.45) is 1.48. The van der Waals surface area contributed by atoms with Gasteiger partial charge in [0.05, 0.1) is 25.8 Å². The molecule has 0 bridgehead atoms. The van der Waals surface area contributed by atoms with Crippen molar-refractivity contribution in [2.45, 2.75) is 32.9 Å². The molecule has 0 saturated carbocycles. The summed E-state index contributed by atoms with van der Waals surface area (Å²) in [5.41, 5.74) is 0.0915. The van der Waals surface area contributed by atoms with Crippen LogP contribution in [0.4, 0.5) is 4.79 Å². The van der Waals surface area contributed by atoms with E-state index < -0.39 is 23.5 Å². The van der Waals surface area contributed by atoms with Crippen LogP contribution in [0.5, 0.6) is 11.5 Å². The molecule has 3 rings (SSSR count). The molecule has 3 amide bonds. The van der Waals surface area contributed by atoms with Crippen LogP contribution in [-0.4, -0.2) is 42.6 Å². The molecule has 0 spiro atoms. The van der Waals surface area contributed by atoms with Crippen LogP contribution in [0.3, 0.4) is 0 Å². The van der Waals surface area contributed by atoms with Gasteiger partial charge >= 0.3 is 12.0 Å². The number of urea groups is 1. The lowest BCUT2D eigenvalue weighted by Gasteiger charge is -2.23. The summed E-state index contributed by atoms with van der Waals surface area (Å²) in [4.78, 5) is 37.6. The Bertz CT molecular complexity index is 1100. The summed E-state index contributed by atoms with van der Waals surface area (Å²) < 4.78 is 21.2. The minimum Gasteiger partial charge on any atom is -0.493 e. The Kier molecular flexibility index (Phi) is 6.50. The van der Waals surface area contributed by atoms with Gasteiger partial charge in [0, 0.05) is 0 Å². The molecule has 0 aliphatic carbocycles. The van der Waals surface area contributed by atoms with Crippen molar-refractivity contribution in [3.8, 4) is 11.5 Å². The smallest absolute Gasteiger partial charge is 0.373 e. The largest absolute Gasteiger partial charge is 0.493 e. The van der Waals surface area contributed by atoms with E-state index in [1.807, 2.05) is 20.8 Å². The van der Waals surface area contributed by atoms with E-state index in [0.29, 0.717) is 22.1 Å². The zero-order valence-electron chi connectivity index (χ0n) is 18.3. The van der Waals surface area contributed by atoms with Gasteiger partial charge in [-0.05, 0) is 56.7 Å². The summed E-state index contributed by atoms with van der Waals surface area (Å²) in [7, 11) is 2.70. The van der Waals surface area contributed by atoms with E-state index in [9.17, 15) is 14.4 Å². The molecule has 9 nitrogen and oxygen atoms in total. The number of ether oxygens (including phenoxy) is 3. The van der Waals surface area contributed by atoms with Crippen LogP contribution < -0.4 is 14.8 Å². The summed E-state index contributed by atoms with van der Waals surface area (Å²) in [5.74, 6) is -0.215. The summed E-state index contributed by atoms with van der Waals surface area (Å²) in [6.45, 7) is 5.49. The Morgan fingerprint density at radius 1 is 1.22 bits per heavy atom. The van der Waals surface area contributed by atoms with E-state index in [1.165, 1.54) is 32.4 Å². The number of furan rings is 1. The lowest BCUT2D eigenvalue weighted by atomic mass is 10.1. The van der Waals surface area contributed by atoms with Crippen molar-refractivity contribution in [3.05, 3.63) is 52.1 Å². The summed E-state index contributed by atoms with van der Waals surface area (Å²) >= 11 is 6.38. The van der Waals surface area contributed by atoms with E-state index in [2.05, 4.69) is 10.1 Å². The number of carbonyl (C=O) groups is 3. The van der Waals surface area contributed by atoms with Gasteiger partial charge in [0.15, 0.2) is 11.5 Å². The highest BCUT2D eigenvalue weighted by Gasteiger charge is 2.34. The molecular formula is C22H23ClN2O7. The highest BCUT2D eigenvalue weighted by atomic mass is 35.5. The van der Waals surface area contributed by atoms with Crippen molar-refractivity contribution in [2.75, 3.05) is 14.2 Å². The van der Waals surface area contributed by atoms with Crippen molar-refractivity contribution < 1.29 is 33.0 Å². The SMILES string of the molecule is COC(=O)c1ccc(CN2C(=O)N/C(=C\c3cc(Cl)c(OC(C)(C)C)c(OC)c3)C2=O)o1. The number of hydrogen-bond acceptors (Lipinski definition) is 7. The van der Waals surface area contributed by atoms with Crippen LogP contribution in [-0.2, 0) is 16.1 Å². The summed E-state index contributed by atoms with van der Waals surface area (Å²) in [5, 5.41) is 2.82. The molecule has 2 aromatic rings. The first-order valence-electron chi connectivity index (χ1n) is 9.60. The van der Waals surface area contributed by atoms with E-state index in [0.717, 1.165) is 4.90 Å². The maximum absolute atomic E-state index is 12.8. The highest BCUT2D eigenvalue weighted by Crippen LogP contribution is 2.39. The fourth-order valence-electron chi connectivity index (χ4n) is 2.94. The van der Waals surface area contributed by atoms with E-state index in [4.69, 9.17) is 25.5 Å². The maximum Gasteiger partial charge on any atom is 0.373 e. The van der Waals surface area contributed by atoms with Crippen molar-refractivity contribution in [3.63, 3.8) is 0 Å². The number of nitrogens with one attached hydrogen (secondary N) is 1. The van der Waals surface area contributed by atoms with Gasteiger partial charge in [-0.15, -0.1) is 0 Å². The number of halogens is 1. The number of benzene rings is 1. The number of carbonyl (C=O) groups excluding carboxylic acids is 3. The minimum absolute atomic E-state index is 0.0235. The van der Waals surface area contributed by atoms with E-state index >= 15 is 0 Å². The molecule has 0 unspecified atom stereocenters. The fourth-order valence-corrected chi connectivity index (χ4v) is 3.20. The van der Waals surface area contributed by atoms with Crippen LogP contribution in [0.2, 0.25) is 5.02 Å². The highest BCUT2D eigenvalue weighted by molar-refractivity contribution is 6.32. The Balaban J connectivity index is 1.83. The van der Waals surface area contributed by atoms with Crippen molar-refractivity contribution in [2.24, 2.45) is 0 Å². The van der Waals surface area contributed by atoms with E-state index in [-0.39, 0.29) is 23.8 Å². The Hall–Kier alpha value is -3.46. The molecule has 170 valence electrons. The first-order chi connectivity index (χ1) is 15.0. The molecular weight excluding hydrogens is 440 g/mol. The molecule has 1 aromatic carbocycles. The minimum atomic E-state index is -0.654. The van der Waals surface area contributed by atoms with Crippen LogP contribution in [0.15, 0.2) is 34.4 Å². The molecule has 32 heavy (non-hydrogen) atoms. The molecule has 1 N–H and O–H groups in total. The number of amides is 3. The number of rotatable bonds is 6. The van der Waals surface area contributed by atoms with Crippen molar-refractivity contribution >= 4 is 35.6 Å². The van der Waals surface area contributed by atoms with Gasteiger partial charge in [0.25, 0.3) is 5.91 Å². The third-order valence-electron chi connectivity index (χ3n) is 4.30. The number of methoxy groups -OCH3 is 2. The lowest BCUT2D eigenvalue weighted by Crippen LogP contribution is -2.30. The number of hydrogen-bond donors (Lipinski definition) is 1. The van der Waals surface area contributed by atoms with Crippen molar-refractivity contribution in [1.82, 2.24) is 10.2 Å². The van der Waals surface area contributed by atoms with Gasteiger partial charge in [-0.2, -0.15) is 0 Å². The second-order valence-electron chi connectivity index (χ2n) is 7.89. The Morgan fingerprint density at radius 3 is 2.56 bits per heavy atom. The lowest BCUT2D eigenvalue weighted by molar-refractivity contribution is -0.123. The number of imide groups is 1. The van der Waals surface area contributed by atoms with Gasteiger partial charge < -0.3 is 23.9 Å². The number of nitrogens with zero attached hydrogens (tertiary/aromatic N) is 1. The van der Waals surface area contributed by atoms with Crippen LogP contribution >= 0.6 is 11.6 Å². The van der Waals surface area contributed by atoms with Crippen LogP contribution in [0.1, 0.15) is 42.6 Å². The van der Waals surface area contributed by atoms with Crippen LogP contribution in [0, 0.1) is 0 Å². The van der Waals surface area contributed by atoms with Gasteiger partial charge in [0.1, 0.15) is 17.1 Å². The zero-order valence-corrected chi connectivity index (χ0v) is 19.0. The molecule has 10 heteroatoms. The van der Waals surface area contributed by atoms with Gasteiger partial charge in [-0.3, -0.25) is 9.69 Å². The van der Waals surface area contributed by atoms with Gasteiger partial charge in [-0.25, -0.2) is 9.59 Å². The average Bonchev–Trinajstić information content (AvgIpc) is 3.29. The van der Waals surface area contributed by atoms with Crippen LogP contribution in [0.25, 0.3) is 6.08 Å². The monoisotopic (exact) mass is 462 g/mol. The van der Waals surface area contributed by atoms with Gasteiger partial charge in [-0.1, -0.05) is 11.6 Å². The predicted molar refractivity (Wildman–Crippen MR) is 115 cm³/mol. The molecule has 2 heterocycles. The molecule has 0 radical (unpaired) electrons. The van der Waals surface area contributed by atoms with Gasteiger partial charge in [0.2, 0.25) is 5.76 Å². The standard InChI is InChI=1S/C22H23ClN2O7/c1-22(2,3)32-18-14(23)8-12(10-17(18)29-4)9-15-19(26)25(21(28)24-15)11-13-6-7-16(31-13)20(27)30-5/h6-10H,11H2,1-5H3,(H,24,28)/b15-9-. The third-order valence-corrected chi connectivity index (χ3v) is 4.58. The molecule has 1 aliphatic rings. The third kappa shape index (κ3) is 5.05. The average molecular weight is 463 g/mol. The van der Waals surface area contributed by atoms with Crippen molar-refractivity contribution in [1.29, 1.82) is 0 Å². The first-order valence-corrected chi connectivity index (χ1v) is 9.98. The number of esters is 1. The zero-order chi connectivity index (χ0) is 23.6. The van der Waals surface area contributed by atoms with E-state index in [1.54, 1.807) is 12.1 Å². The molecule has 1 aromatic heterocycles. The first kappa shape index (κ1) is 23.2. The second kappa shape index (κ2) is 8.96. The molecule has 0 atom stereocenters. The molecule has 1 saturated heterocycles. The fraction of sp³-hybridized carbons (Fsp3) is 0.318. The maximum atomic E-state index is 12.8. The molecule has 1 fully saturated rings. The Morgan fingerprint density at radius 2 is 1.94 bits per heavy atom. The Labute approximate surface area is 189 Å². The topological polar surface area (TPSA) is 107 Å².